The average Bonchev–Trinajstić information content (AvgIpc) is 3.87. The molecule has 0 spiro atoms. The monoisotopic (exact) mass is 748 g/mol. The number of hydrogen-bond acceptors (Lipinski definition) is 9. The van der Waals surface area contributed by atoms with E-state index in [0.717, 1.165) is 0 Å². The molecule has 0 unspecified atom stereocenters. The summed E-state index contributed by atoms with van der Waals surface area (Å²) in [4.78, 5) is 120. The molecule has 3 rings (SSSR count). The van der Waals surface area contributed by atoms with Crippen LogP contribution in [0, 0.1) is 11.8 Å². The maximum absolute atomic E-state index is 14.0. The standard InChI is InChI=1S/C35H56N8O10/c1-18(2)27(39-30(48)22(38-21(6)44)13-14-26(45)46)32(50)37-20(5)33(51)43-17-9-12-25(43)34(52)42-16-8-11-24(42)31(49)40-28(19(3)4)35(53)41-15-7-10-23(41)29(36)47/h18-20,22-25,27-28H,7-17H2,1-6H3,(H2,36,47)(H,37,50)(H,38,44)(H,39,48)(H,40,49)(H,45,46)/t20-,22-,23-,24-,25-,27-,28-/m0/s1. The molecule has 3 heterocycles. The van der Waals surface area contributed by atoms with Crippen molar-refractivity contribution in [3.63, 3.8) is 0 Å². The number of nitrogens with one attached hydrogen (secondary N) is 4. The largest absolute Gasteiger partial charge is 0.481 e. The lowest BCUT2D eigenvalue weighted by molar-refractivity contribution is -0.148. The van der Waals surface area contributed by atoms with Gasteiger partial charge in [0.15, 0.2) is 0 Å². The van der Waals surface area contributed by atoms with E-state index in [1.54, 1.807) is 27.7 Å². The predicted octanol–water partition coefficient (Wildman–Crippen LogP) is -1.40. The van der Waals surface area contributed by atoms with Gasteiger partial charge < -0.3 is 46.8 Å². The number of nitrogens with zero attached hydrogens (tertiary/aromatic N) is 3. The lowest BCUT2D eigenvalue weighted by atomic mass is 10.0. The molecule has 18 heteroatoms. The quantitative estimate of drug-likeness (QED) is 0.108. The number of likely N-dealkylation sites (tertiary alicyclic amines) is 3. The number of primary amides is 1. The number of carbonyl (C=O) groups is 9. The van der Waals surface area contributed by atoms with E-state index in [2.05, 4.69) is 21.3 Å². The molecular formula is C35H56N8O10. The Bertz CT molecular complexity index is 1440. The highest BCUT2D eigenvalue weighted by atomic mass is 16.4. The van der Waals surface area contributed by atoms with E-state index in [9.17, 15) is 43.2 Å². The summed E-state index contributed by atoms with van der Waals surface area (Å²) in [5.41, 5.74) is 5.52. The molecule has 0 aromatic heterocycles. The Balaban J connectivity index is 1.67. The van der Waals surface area contributed by atoms with Crippen molar-refractivity contribution in [3.8, 4) is 0 Å². The molecule has 3 saturated heterocycles. The van der Waals surface area contributed by atoms with Gasteiger partial charge in [0.1, 0.15) is 42.3 Å². The number of amides is 8. The number of carboxylic acids is 1. The molecule has 3 aliphatic heterocycles. The van der Waals surface area contributed by atoms with Gasteiger partial charge >= 0.3 is 5.97 Å². The second-order valence-electron chi connectivity index (χ2n) is 14.8. The average molecular weight is 749 g/mol. The van der Waals surface area contributed by atoms with Crippen LogP contribution in [0.15, 0.2) is 0 Å². The molecule has 18 nitrogen and oxygen atoms in total. The van der Waals surface area contributed by atoms with Crippen molar-refractivity contribution < 1.29 is 48.3 Å². The maximum atomic E-state index is 14.0. The van der Waals surface area contributed by atoms with Gasteiger partial charge in [-0.1, -0.05) is 27.7 Å². The molecule has 7 N–H and O–H groups in total. The zero-order valence-electron chi connectivity index (χ0n) is 31.5. The summed E-state index contributed by atoms with van der Waals surface area (Å²) < 4.78 is 0. The van der Waals surface area contributed by atoms with Gasteiger partial charge in [-0.15, -0.1) is 0 Å². The van der Waals surface area contributed by atoms with Crippen LogP contribution in [0.5, 0.6) is 0 Å². The third-order valence-corrected chi connectivity index (χ3v) is 10.1. The van der Waals surface area contributed by atoms with Crippen LogP contribution in [-0.2, 0) is 43.2 Å². The van der Waals surface area contributed by atoms with Crippen molar-refractivity contribution in [2.45, 2.75) is 135 Å². The molecular weight excluding hydrogens is 692 g/mol. The Labute approximate surface area is 309 Å². The maximum Gasteiger partial charge on any atom is 0.303 e. The molecule has 0 bridgehead atoms. The van der Waals surface area contributed by atoms with Gasteiger partial charge in [0.2, 0.25) is 47.3 Å². The van der Waals surface area contributed by atoms with E-state index in [0.29, 0.717) is 45.1 Å². The van der Waals surface area contributed by atoms with Gasteiger partial charge in [0.25, 0.3) is 0 Å². The molecule has 296 valence electrons. The van der Waals surface area contributed by atoms with E-state index in [1.807, 2.05) is 0 Å². The molecule has 3 fully saturated rings. The Morgan fingerprint density at radius 3 is 1.72 bits per heavy atom. The zero-order chi connectivity index (χ0) is 39.7. The van der Waals surface area contributed by atoms with Crippen molar-refractivity contribution in [3.05, 3.63) is 0 Å². The first-order chi connectivity index (χ1) is 24.8. The summed E-state index contributed by atoms with van der Waals surface area (Å²) >= 11 is 0. The van der Waals surface area contributed by atoms with Crippen LogP contribution in [0.3, 0.4) is 0 Å². The van der Waals surface area contributed by atoms with Gasteiger partial charge in [-0.25, -0.2) is 0 Å². The number of carboxylic acid groups (broad SMARTS) is 1. The summed E-state index contributed by atoms with van der Waals surface area (Å²) in [5.74, 6) is -6.36. The van der Waals surface area contributed by atoms with Crippen LogP contribution >= 0.6 is 0 Å². The summed E-state index contributed by atoms with van der Waals surface area (Å²) in [6.45, 7) is 10.4. The second-order valence-corrected chi connectivity index (χ2v) is 14.8. The lowest BCUT2D eigenvalue weighted by Crippen LogP contribution is -2.60. The summed E-state index contributed by atoms with van der Waals surface area (Å²) in [5, 5.41) is 19.5. The predicted molar refractivity (Wildman–Crippen MR) is 189 cm³/mol. The number of nitrogens with two attached hydrogens (primary N) is 1. The van der Waals surface area contributed by atoms with Crippen molar-refractivity contribution in [2.75, 3.05) is 19.6 Å². The Morgan fingerprint density at radius 1 is 0.660 bits per heavy atom. The van der Waals surface area contributed by atoms with Gasteiger partial charge in [0.05, 0.1) is 0 Å². The molecule has 0 saturated carbocycles. The molecule has 3 aliphatic rings. The van der Waals surface area contributed by atoms with Crippen molar-refractivity contribution in [1.29, 1.82) is 0 Å². The van der Waals surface area contributed by atoms with E-state index in [1.165, 1.54) is 28.5 Å². The highest BCUT2D eigenvalue weighted by molar-refractivity contribution is 5.98. The summed E-state index contributed by atoms with van der Waals surface area (Å²) in [7, 11) is 0. The minimum absolute atomic E-state index is 0.196. The fraction of sp³-hybridized carbons (Fsp3) is 0.743. The third-order valence-electron chi connectivity index (χ3n) is 10.1. The molecule has 8 amide bonds. The normalized spacial score (nSPS) is 22.2. The molecule has 7 atom stereocenters. The van der Waals surface area contributed by atoms with Gasteiger partial charge in [-0.2, -0.15) is 0 Å². The van der Waals surface area contributed by atoms with Crippen LogP contribution in [-0.4, -0.2) is 135 Å². The highest BCUT2D eigenvalue weighted by Crippen LogP contribution is 2.27. The van der Waals surface area contributed by atoms with Crippen molar-refractivity contribution in [2.24, 2.45) is 17.6 Å². The van der Waals surface area contributed by atoms with Crippen molar-refractivity contribution in [1.82, 2.24) is 36.0 Å². The van der Waals surface area contributed by atoms with Gasteiger partial charge in [-0.05, 0) is 63.7 Å². The molecule has 0 aromatic carbocycles. The highest BCUT2D eigenvalue weighted by Gasteiger charge is 2.45. The molecule has 53 heavy (non-hydrogen) atoms. The first-order valence-corrected chi connectivity index (χ1v) is 18.5. The van der Waals surface area contributed by atoms with Crippen LogP contribution in [0.2, 0.25) is 0 Å². The van der Waals surface area contributed by atoms with E-state index in [-0.39, 0.29) is 25.4 Å². The van der Waals surface area contributed by atoms with Gasteiger partial charge in [0, 0.05) is 33.0 Å². The minimum atomic E-state index is -1.19. The van der Waals surface area contributed by atoms with E-state index < -0.39 is 108 Å². The smallest absolute Gasteiger partial charge is 0.303 e. The van der Waals surface area contributed by atoms with Crippen LogP contribution in [0.4, 0.5) is 0 Å². The molecule has 0 aromatic rings. The zero-order valence-corrected chi connectivity index (χ0v) is 31.5. The fourth-order valence-corrected chi connectivity index (χ4v) is 7.23. The Kier molecular flexibility index (Phi) is 15.1. The molecule has 0 aliphatic carbocycles. The Hall–Kier alpha value is -4.77. The van der Waals surface area contributed by atoms with Crippen molar-refractivity contribution >= 4 is 53.2 Å². The minimum Gasteiger partial charge on any atom is -0.481 e. The third kappa shape index (κ3) is 10.9. The lowest BCUT2D eigenvalue weighted by Gasteiger charge is -2.34. The van der Waals surface area contributed by atoms with Gasteiger partial charge in [-0.3, -0.25) is 43.2 Å². The number of hydrogen-bond donors (Lipinski definition) is 6. The van der Waals surface area contributed by atoms with Crippen LogP contribution < -0.4 is 27.0 Å². The first kappa shape index (κ1) is 42.6. The number of aliphatic carboxylic acids is 1. The Morgan fingerprint density at radius 2 is 1.19 bits per heavy atom. The fourth-order valence-electron chi connectivity index (χ4n) is 7.23. The van der Waals surface area contributed by atoms with Crippen LogP contribution in [0.25, 0.3) is 0 Å². The topological polar surface area (TPSA) is 258 Å². The number of rotatable bonds is 16. The summed E-state index contributed by atoms with van der Waals surface area (Å²) in [6.07, 6.45) is 2.24. The van der Waals surface area contributed by atoms with Crippen LogP contribution in [0.1, 0.15) is 92.9 Å². The molecule has 0 radical (unpaired) electrons. The second kappa shape index (κ2) is 18.8. The van der Waals surface area contributed by atoms with E-state index >= 15 is 0 Å². The summed E-state index contributed by atoms with van der Waals surface area (Å²) in [6, 6.07) is -6.85. The number of carbonyl (C=O) groups excluding carboxylic acids is 8. The SMILES string of the molecule is CC(=O)N[C@@H](CCC(=O)O)C(=O)N[C@H](C(=O)N[C@@H](C)C(=O)N1CCC[C@H]1C(=O)N1CCC[C@H]1C(=O)N[C@H](C(=O)N1CCC[C@H]1C(N)=O)C(C)C)C(C)C. The first-order valence-electron chi connectivity index (χ1n) is 18.5. The van der Waals surface area contributed by atoms with E-state index in [4.69, 9.17) is 10.8 Å².